The van der Waals surface area contributed by atoms with E-state index in [0.717, 1.165) is 23.1 Å². The van der Waals surface area contributed by atoms with Gasteiger partial charge in [-0.15, -0.1) is 0 Å². The van der Waals surface area contributed by atoms with E-state index in [0.29, 0.717) is 5.75 Å². The number of carboxylic acids is 1. The highest BCUT2D eigenvalue weighted by Gasteiger charge is 2.31. The van der Waals surface area contributed by atoms with Gasteiger partial charge >= 0.3 is 11.9 Å². The molecule has 1 atom stereocenters. The number of aliphatic carboxylic acids is 1. The summed E-state index contributed by atoms with van der Waals surface area (Å²) in [4.78, 5) is 23.8. The lowest BCUT2D eigenvalue weighted by atomic mass is 9.78. The van der Waals surface area contributed by atoms with E-state index >= 15 is 0 Å². The Hall–Kier alpha value is -1.84. The molecule has 0 amide bonds. The third-order valence-corrected chi connectivity index (χ3v) is 4.25. The van der Waals surface area contributed by atoms with Gasteiger partial charge in [0.15, 0.2) is 0 Å². The number of aryl methyl sites for hydroxylation is 2. The largest absolute Gasteiger partial charge is 0.481 e. The maximum Gasteiger partial charge on any atom is 0.314 e. The number of benzene rings is 1. The minimum atomic E-state index is -0.872. The van der Waals surface area contributed by atoms with Crippen LogP contribution in [0.1, 0.15) is 71.1 Å². The summed E-state index contributed by atoms with van der Waals surface area (Å²) >= 11 is 0. The predicted octanol–water partition coefficient (Wildman–Crippen LogP) is 5.03. The standard InChI is InChI=1S/C21H32O4/c1-13-9-14(2)18(21(7,8)12-17(22)23)16(10-13)25-19(24)15(3)11-20(4,5)6/h9-10,15H,11-12H2,1-8H3,(H,22,23). The van der Waals surface area contributed by atoms with Crippen molar-refractivity contribution in [3.63, 3.8) is 0 Å². The van der Waals surface area contributed by atoms with Crippen molar-refractivity contribution in [1.82, 2.24) is 0 Å². The van der Waals surface area contributed by atoms with Crippen LogP contribution in [0.4, 0.5) is 0 Å². The number of carbonyl (C=O) groups is 2. The number of carbonyl (C=O) groups excluding carboxylic acids is 1. The number of hydrogen-bond donors (Lipinski definition) is 1. The molecule has 0 aliphatic heterocycles. The first-order valence-electron chi connectivity index (χ1n) is 8.78. The quantitative estimate of drug-likeness (QED) is 0.578. The molecular formula is C21H32O4. The minimum absolute atomic E-state index is 0.0288. The Morgan fingerprint density at radius 2 is 1.68 bits per heavy atom. The van der Waals surface area contributed by atoms with Gasteiger partial charge in [0, 0.05) is 11.0 Å². The van der Waals surface area contributed by atoms with Crippen LogP contribution in [0.5, 0.6) is 5.75 Å². The molecule has 0 radical (unpaired) electrons. The molecular weight excluding hydrogens is 316 g/mol. The first kappa shape index (κ1) is 21.2. The Morgan fingerprint density at radius 1 is 1.12 bits per heavy atom. The fourth-order valence-corrected chi connectivity index (χ4v) is 3.55. The van der Waals surface area contributed by atoms with Crippen molar-refractivity contribution in [2.75, 3.05) is 0 Å². The van der Waals surface area contributed by atoms with E-state index in [4.69, 9.17) is 4.74 Å². The van der Waals surface area contributed by atoms with Crippen molar-refractivity contribution in [3.05, 3.63) is 28.8 Å². The highest BCUT2D eigenvalue weighted by Crippen LogP contribution is 2.38. The van der Waals surface area contributed by atoms with Crippen molar-refractivity contribution >= 4 is 11.9 Å². The summed E-state index contributed by atoms with van der Waals surface area (Å²) in [5.41, 5.74) is 2.12. The molecule has 1 aromatic rings. The first-order chi connectivity index (χ1) is 11.2. The number of esters is 1. The average Bonchev–Trinajstić information content (AvgIpc) is 2.32. The van der Waals surface area contributed by atoms with Gasteiger partial charge in [-0.2, -0.15) is 0 Å². The lowest BCUT2D eigenvalue weighted by molar-refractivity contribution is -0.139. The summed E-state index contributed by atoms with van der Waals surface area (Å²) < 4.78 is 5.75. The van der Waals surface area contributed by atoms with E-state index in [2.05, 4.69) is 20.8 Å². The summed E-state index contributed by atoms with van der Waals surface area (Å²) in [5.74, 6) is -0.888. The molecule has 25 heavy (non-hydrogen) atoms. The van der Waals surface area contributed by atoms with E-state index in [1.54, 1.807) is 0 Å². The fraction of sp³-hybridized carbons (Fsp3) is 0.619. The zero-order valence-electron chi connectivity index (χ0n) is 16.8. The molecule has 1 rings (SSSR count). The lowest BCUT2D eigenvalue weighted by Crippen LogP contribution is -2.27. The van der Waals surface area contributed by atoms with Crippen LogP contribution in [0, 0.1) is 25.2 Å². The Balaban J connectivity index is 3.22. The lowest BCUT2D eigenvalue weighted by Gasteiger charge is -2.29. The van der Waals surface area contributed by atoms with E-state index in [9.17, 15) is 14.7 Å². The van der Waals surface area contributed by atoms with Gasteiger partial charge in [0.25, 0.3) is 0 Å². The number of hydrogen-bond acceptors (Lipinski definition) is 3. The van der Waals surface area contributed by atoms with Crippen LogP contribution in [0.25, 0.3) is 0 Å². The van der Waals surface area contributed by atoms with Crippen molar-refractivity contribution < 1.29 is 19.4 Å². The van der Waals surface area contributed by atoms with E-state index in [-0.39, 0.29) is 23.7 Å². The van der Waals surface area contributed by atoms with Gasteiger partial charge in [-0.1, -0.05) is 47.6 Å². The average molecular weight is 348 g/mol. The van der Waals surface area contributed by atoms with E-state index in [1.807, 2.05) is 46.8 Å². The van der Waals surface area contributed by atoms with Crippen LogP contribution < -0.4 is 4.74 Å². The van der Waals surface area contributed by atoms with Gasteiger partial charge in [0.05, 0.1) is 12.3 Å². The van der Waals surface area contributed by atoms with Crippen LogP contribution in [0.15, 0.2) is 12.1 Å². The van der Waals surface area contributed by atoms with Crippen molar-refractivity contribution in [1.29, 1.82) is 0 Å². The van der Waals surface area contributed by atoms with Crippen LogP contribution >= 0.6 is 0 Å². The van der Waals surface area contributed by atoms with Gasteiger partial charge in [-0.05, 0) is 42.9 Å². The molecule has 1 unspecified atom stereocenters. The summed E-state index contributed by atoms with van der Waals surface area (Å²) in [5, 5.41) is 9.24. The molecule has 1 N–H and O–H groups in total. The van der Waals surface area contributed by atoms with Crippen molar-refractivity contribution in [2.45, 2.75) is 73.6 Å². The second-order valence-corrected chi connectivity index (χ2v) is 9.00. The summed E-state index contributed by atoms with van der Waals surface area (Å²) in [7, 11) is 0. The molecule has 140 valence electrons. The van der Waals surface area contributed by atoms with Crippen LogP contribution in [-0.2, 0) is 15.0 Å². The zero-order valence-corrected chi connectivity index (χ0v) is 16.8. The Kier molecular flexibility index (Phi) is 6.44. The maximum absolute atomic E-state index is 12.6. The van der Waals surface area contributed by atoms with E-state index < -0.39 is 11.4 Å². The molecule has 0 fully saturated rings. The third-order valence-electron chi connectivity index (χ3n) is 4.25. The van der Waals surface area contributed by atoms with Gasteiger partial charge in [-0.3, -0.25) is 9.59 Å². The zero-order chi connectivity index (χ0) is 19.6. The number of rotatable bonds is 6. The predicted molar refractivity (Wildman–Crippen MR) is 100 cm³/mol. The molecule has 0 bridgehead atoms. The summed E-state index contributed by atoms with van der Waals surface area (Å²) in [6, 6.07) is 3.82. The van der Waals surface area contributed by atoms with E-state index in [1.165, 1.54) is 0 Å². The number of carboxylic acid groups (broad SMARTS) is 1. The van der Waals surface area contributed by atoms with Crippen LogP contribution in [-0.4, -0.2) is 17.0 Å². The number of ether oxygens (including phenoxy) is 1. The smallest absolute Gasteiger partial charge is 0.314 e. The Bertz CT molecular complexity index is 651. The molecule has 4 heteroatoms. The van der Waals surface area contributed by atoms with Crippen LogP contribution in [0.2, 0.25) is 0 Å². The topological polar surface area (TPSA) is 63.6 Å². The van der Waals surface area contributed by atoms with Gasteiger partial charge in [0.1, 0.15) is 5.75 Å². The monoisotopic (exact) mass is 348 g/mol. The second kappa shape index (κ2) is 7.59. The van der Waals surface area contributed by atoms with Crippen LogP contribution in [0.3, 0.4) is 0 Å². The molecule has 4 nitrogen and oxygen atoms in total. The second-order valence-electron chi connectivity index (χ2n) is 9.00. The highest BCUT2D eigenvalue weighted by atomic mass is 16.5. The van der Waals surface area contributed by atoms with Gasteiger partial charge in [-0.25, -0.2) is 0 Å². The Labute approximate surface area is 151 Å². The maximum atomic E-state index is 12.6. The molecule has 0 saturated carbocycles. The molecule has 0 aliphatic carbocycles. The fourth-order valence-electron chi connectivity index (χ4n) is 3.55. The van der Waals surface area contributed by atoms with Crippen molar-refractivity contribution in [3.8, 4) is 5.75 Å². The minimum Gasteiger partial charge on any atom is -0.481 e. The first-order valence-corrected chi connectivity index (χ1v) is 8.78. The summed E-state index contributed by atoms with van der Waals surface area (Å²) in [6.45, 7) is 15.8. The van der Waals surface area contributed by atoms with Crippen molar-refractivity contribution in [2.24, 2.45) is 11.3 Å². The van der Waals surface area contributed by atoms with Gasteiger partial charge < -0.3 is 9.84 Å². The van der Waals surface area contributed by atoms with Gasteiger partial charge in [0.2, 0.25) is 0 Å². The molecule has 0 aliphatic rings. The SMILES string of the molecule is Cc1cc(C)c(C(C)(C)CC(=O)O)c(OC(=O)C(C)CC(C)(C)C)c1. The molecule has 0 aromatic heterocycles. The Morgan fingerprint density at radius 3 is 2.16 bits per heavy atom. The highest BCUT2D eigenvalue weighted by molar-refractivity contribution is 5.76. The normalized spacial score (nSPS) is 13.4. The summed E-state index contributed by atoms with van der Waals surface area (Å²) in [6.07, 6.45) is 0.698. The molecule has 0 heterocycles. The molecule has 1 aromatic carbocycles. The molecule has 0 spiro atoms. The molecule has 0 saturated heterocycles. The third kappa shape index (κ3) is 6.18.